The third kappa shape index (κ3) is 8.08. The van der Waals surface area contributed by atoms with Gasteiger partial charge in [-0.25, -0.2) is 9.78 Å². The van der Waals surface area contributed by atoms with E-state index in [1.807, 2.05) is 66.7 Å². The number of fused-ring (bicyclic) bond motifs is 1. The largest absolute Gasteiger partial charge is 0.467 e. The van der Waals surface area contributed by atoms with Crippen LogP contribution in [0.25, 0.3) is 21.2 Å². The summed E-state index contributed by atoms with van der Waals surface area (Å²) < 4.78 is 11.4. The lowest BCUT2D eigenvalue weighted by atomic mass is 9.87. The van der Waals surface area contributed by atoms with Crippen LogP contribution in [0.5, 0.6) is 11.5 Å². The number of thiophene rings is 1. The van der Waals surface area contributed by atoms with Crippen molar-refractivity contribution in [3.05, 3.63) is 112 Å². The maximum absolute atomic E-state index is 13.7. The molecule has 1 N–H and O–H groups in total. The first-order chi connectivity index (χ1) is 23.1. The molecule has 1 amide bonds. The highest BCUT2D eigenvalue weighted by Crippen LogP contribution is 2.34. The highest BCUT2D eigenvalue weighted by molar-refractivity contribution is 7.15. The summed E-state index contributed by atoms with van der Waals surface area (Å²) >= 11 is 7.63. The summed E-state index contributed by atoms with van der Waals surface area (Å²) in [5, 5.41) is 5.47. The van der Waals surface area contributed by atoms with Gasteiger partial charge in [-0.05, 0) is 88.9 Å². The molecule has 2 heterocycles. The molecule has 0 radical (unpaired) electrons. The minimum atomic E-state index is -0.865. The number of carbonyl (C=O) groups excluding carboxylic acids is 2. The monoisotopic (exact) mass is 680 g/mol. The zero-order valence-corrected chi connectivity index (χ0v) is 29.4. The number of nitrogens with one attached hydrogen (secondary N) is 1. The van der Waals surface area contributed by atoms with Crippen LogP contribution in [-0.2, 0) is 27.8 Å². The summed E-state index contributed by atoms with van der Waals surface area (Å²) in [5.41, 5.74) is 3.50. The molecule has 0 spiro atoms. The number of pyridine rings is 1. The van der Waals surface area contributed by atoms with Crippen molar-refractivity contribution in [2.24, 2.45) is 5.92 Å². The van der Waals surface area contributed by atoms with Gasteiger partial charge < -0.3 is 14.8 Å². The van der Waals surface area contributed by atoms with Crippen molar-refractivity contribution in [2.75, 3.05) is 7.11 Å². The van der Waals surface area contributed by atoms with Gasteiger partial charge in [-0.2, -0.15) is 0 Å². The molecule has 0 aliphatic heterocycles. The number of amides is 1. The van der Waals surface area contributed by atoms with Crippen molar-refractivity contribution >= 4 is 45.6 Å². The molecule has 1 aliphatic carbocycles. The van der Waals surface area contributed by atoms with Gasteiger partial charge in [0.25, 0.3) is 5.91 Å². The molecule has 48 heavy (non-hydrogen) atoms. The molecule has 0 bridgehead atoms. The Bertz CT molecular complexity index is 1910. The lowest BCUT2D eigenvalue weighted by Gasteiger charge is -2.19. The minimum absolute atomic E-state index is 0.0641. The zero-order chi connectivity index (χ0) is 33.8. The first-order valence-corrected chi connectivity index (χ1v) is 17.7. The molecular weight excluding hydrogens is 640 g/mol. The van der Waals surface area contributed by atoms with Crippen molar-refractivity contribution in [1.29, 1.82) is 0 Å². The molecule has 1 atom stereocenters. The first kappa shape index (κ1) is 33.7. The van der Waals surface area contributed by atoms with Gasteiger partial charge in [-0.15, -0.1) is 11.3 Å². The third-order valence-corrected chi connectivity index (χ3v) is 10.4. The van der Waals surface area contributed by atoms with E-state index in [1.165, 1.54) is 25.5 Å². The number of rotatable bonds is 10. The molecule has 1 aliphatic rings. The van der Waals surface area contributed by atoms with Crippen LogP contribution in [-0.4, -0.2) is 30.0 Å². The zero-order valence-electron chi connectivity index (χ0n) is 27.8. The molecule has 5 aromatic rings. The number of aromatic nitrogens is 1. The van der Waals surface area contributed by atoms with Gasteiger partial charge in [0.15, 0.2) is 0 Å². The van der Waals surface area contributed by atoms with E-state index >= 15 is 0 Å². The summed E-state index contributed by atoms with van der Waals surface area (Å²) in [6.45, 7) is 6.58. The van der Waals surface area contributed by atoms with E-state index in [0.717, 1.165) is 62.5 Å². The van der Waals surface area contributed by atoms with E-state index in [2.05, 4.69) is 38.2 Å². The fourth-order valence-corrected chi connectivity index (χ4v) is 7.49. The molecule has 1 saturated carbocycles. The van der Waals surface area contributed by atoms with Gasteiger partial charge in [0.1, 0.15) is 23.2 Å². The lowest BCUT2D eigenvalue weighted by Crippen LogP contribution is -2.43. The van der Waals surface area contributed by atoms with Gasteiger partial charge in [0.2, 0.25) is 0 Å². The van der Waals surface area contributed by atoms with E-state index in [-0.39, 0.29) is 11.1 Å². The number of esters is 1. The molecule has 0 saturated heterocycles. The quantitative estimate of drug-likeness (QED) is 0.149. The maximum atomic E-state index is 13.7. The van der Waals surface area contributed by atoms with Crippen LogP contribution >= 0.6 is 22.9 Å². The second-order valence-electron chi connectivity index (χ2n) is 13.6. The Morgan fingerprint density at radius 3 is 2.33 bits per heavy atom. The Hall–Kier alpha value is -4.20. The average Bonchev–Trinajstić information content (AvgIpc) is 3.77. The van der Waals surface area contributed by atoms with Crippen LogP contribution in [0.4, 0.5) is 0 Å². The van der Waals surface area contributed by atoms with Crippen molar-refractivity contribution in [3.63, 3.8) is 0 Å². The highest BCUT2D eigenvalue weighted by atomic mass is 35.5. The smallest absolute Gasteiger partial charge is 0.328 e. The fraction of sp³-hybridized carbons (Fsp3) is 0.325. The van der Waals surface area contributed by atoms with Crippen LogP contribution in [0.1, 0.15) is 73.1 Å². The topological polar surface area (TPSA) is 77.5 Å². The van der Waals surface area contributed by atoms with E-state index in [1.54, 1.807) is 17.4 Å². The Morgan fingerprint density at radius 2 is 1.65 bits per heavy atom. The van der Waals surface area contributed by atoms with Crippen LogP contribution in [0.2, 0.25) is 5.02 Å². The van der Waals surface area contributed by atoms with Gasteiger partial charge in [-0.3, -0.25) is 4.79 Å². The van der Waals surface area contributed by atoms with Crippen molar-refractivity contribution < 1.29 is 19.1 Å². The summed E-state index contributed by atoms with van der Waals surface area (Å²) in [4.78, 5) is 33.5. The molecule has 8 heteroatoms. The summed E-state index contributed by atoms with van der Waals surface area (Å²) in [6.07, 6.45) is 5.81. The Labute approximate surface area is 291 Å². The Kier molecular flexibility index (Phi) is 10.2. The fourth-order valence-electron chi connectivity index (χ4n) is 6.30. The van der Waals surface area contributed by atoms with Crippen LogP contribution in [0.3, 0.4) is 0 Å². The number of ether oxygens (including phenoxy) is 2. The van der Waals surface area contributed by atoms with E-state index < -0.39 is 17.9 Å². The second kappa shape index (κ2) is 14.5. The molecular formula is C40H41ClN2O4S. The minimum Gasteiger partial charge on any atom is -0.467 e. The highest BCUT2D eigenvalue weighted by Gasteiger charge is 2.26. The molecule has 1 unspecified atom stereocenters. The van der Waals surface area contributed by atoms with Gasteiger partial charge in [-0.1, -0.05) is 88.4 Å². The summed E-state index contributed by atoms with van der Waals surface area (Å²) in [5.74, 6) is 1.09. The number of methoxy groups -OCH3 is 1. The van der Waals surface area contributed by atoms with Crippen molar-refractivity contribution in [2.45, 2.75) is 70.8 Å². The molecule has 2 aromatic heterocycles. The van der Waals surface area contributed by atoms with Crippen molar-refractivity contribution in [3.8, 4) is 21.9 Å². The number of halogens is 1. The van der Waals surface area contributed by atoms with Gasteiger partial charge in [0, 0.05) is 32.3 Å². The summed E-state index contributed by atoms with van der Waals surface area (Å²) in [7, 11) is 1.33. The standard InChI is InChI=1S/C40H41ClN2O4S/c1-40(2,3)28-12-17-30(18-13-28)47-31-16-11-27-22-35(42-34(33(27)23-31)21-25-7-5-6-8-25)38(44)43-36(39(45)46-4)24-32-19-20-37(48-32)26-9-14-29(41)15-10-26/h9-20,22-23,25,36H,5-8,21,24H2,1-4H3,(H,43,44). The Morgan fingerprint density at radius 1 is 0.938 bits per heavy atom. The predicted octanol–water partition coefficient (Wildman–Crippen LogP) is 9.95. The number of hydrogen-bond donors (Lipinski definition) is 1. The maximum Gasteiger partial charge on any atom is 0.328 e. The first-order valence-electron chi connectivity index (χ1n) is 16.5. The van der Waals surface area contributed by atoms with Crippen molar-refractivity contribution in [1.82, 2.24) is 10.3 Å². The normalized spacial score (nSPS) is 14.2. The molecule has 6 rings (SSSR count). The van der Waals surface area contributed by atoms with Crippen LogP contribution < -0.4 is 10.1 Å². The molecule has 6 nitrogen and oxygen atoms in total. The Balaban J connectivity index is 1.25. The summed E-state index contributed by atoms with van der Waals surface area (Å²) in [6, 6.07) is 26.7. The average molecular weight is 681 g/mol. The van der Waals surface area contributed by atoms with Crippen LogP contribution in [0.15, 0.2) is 84.9 Å². The SMILES string of the molecule is COC(=O)C(Cc1ccc(-c2ccc(Cl)cc2)s1)NC(=O)c1cc2ccc(Oc3ccc(C(C)(C)C)cc3)cc2c(CC2CCCC2)n1. The lowest BCUT2D eigenvalue weighted by molar-refractivity contribution is -0.142. The number of nitrogens with zero attached hydrogens (tertiary/aromatic N) is 1. The number of hydrogen-bond acceptors (Lipinski definition) is 6. The molecule has 248 valence electrons. The molecule has 3 aromatic carbocycles. The predicted molar refractivity (Wildman–Crippen MR) is 194 cm³/mol. The van der Waals surface area contributed by atoms with Gasteiger partial charge in [0.05, 0.1) is 7.11 Å². The van der Waals surface area contributed by atoms with E-state index in [9.17, 15) is 9.59 Å². The van der Waals surface area contributed by atoms with Crippen LogP contribution in [0, 0.1) is 5.92 Å². The molecule has 1 fully saturated rings. The van der Waals surface area contributed by atoms with Gasteiger partial charge >= 0.3 is 5.97 Å². The third-order valence-electron chi connectivity index (χ3n) is 9.02. The number of benzene rings is 3. The second-order valence-corrected chi connectivity index (χ2v) is 15.2. The number of carbonyl (C=O) groups is 2. The van der Waals surface area contributed by atoms with E-state index in [0.29, 0.717) is 17.4 Å². The van der Waals surface area contributed by atoms with E-state index in [4.69, 9.17) is 26.1 Å².